The number of carboxylic acid groups (broad SMARTS) is 1. The Morgan fingerprint density at radius 1 is 1.64 bits per heavy atom. The van der Waals surface area contributed by atoms with Crippen molar-refractivity contribution in [3.8, 4) is 0 Å². The molecule has 14 heavy (non-hydrogen) atoms. The SMILES string of the molecule is NCC(CC(=O)O)c1ccc(F)nc1. The van der Waals surface area contributed by atoms with Gasteiger partial charge in [-0.3, -0.25) is 4.79 Å². The van der Waals surface area contributed by atoms with E-state index in [1.54, 1.807) is 0 Å². The third-order valence-electron chi connectivity index (χ3n) is 1.93. The maximum Gasteiger partial charge on any atom is 0.304 e. The third-order valence-corrected chi connectivity index (χ3v) is 1.93. The Morgan fingerprint density at radius 3 is 2.79 bits per heavy atom. The van der Waals surface area contributed by atoms with Crippen LogP contribution in [0.4, 0.5) is 4.39 Å². The Bertz CT molecular complexity index is 313. The van der Waals surface area contributed by atoms with Crippen LogP contribution < -0.4 is 5.73 Å². The highest BCUT2D eigenvalue weighted by Gasteiger charge is 2.13. The summed E-state index contributed by atoms with van der Waals surface area (Å²) in [6.07, 6.45) is 1.25. The molecule has 5 heteroatoms. The van der Waals surface area contributed by atoms with Crippen molar-refractivity contribution in [1.29, 1.82) is 0 Å². The molecule has 0 aliphatic heterocycles. The summed E-state index contributed by atoms with van der Waals surface area (Å²) in [5.41, 5.74) is 6.06. The lowest BCUT2D eigenvalue weighted by Gasteiger charge is -2.11. The van der Waals surface area contributed by atoms with Gasteiger partial charge in [-0.1, -0.05) is 6.07 Å². The lowest BCUT2D eigenvalue weighted by Crippen LogP contribution is -2.16. The van der Waals surface area contributed by atoms with Crippen molar-refractivity contribution >= 4 is 5.97 Å². The first-order chi connectivity index (χ1) is 6.63. The first kappa shape index (κ1) is 10.6. The van der Waals surface area contributed by atoms with Crippen LogP contribution in [0.25, 0.3) is 0 Å². The minimum absolute atomic E-state index is 0.0657. The first-order valence-corrected chi connectivity index (χ1v) is 4.16. The van der Waals surface area contributed by atoms with Crippen LogP contribution in [0.3, 0.4) is 0 Å². The van der Waals surface area contributed by atoms with Gasteiger partial charge in [0, 0.05) is 12.1 Å². The van der Waals surface area contributed by atoms with Gasteiger partial charge in [0.1, 0.15) is 0 Å². The molecule has 0 amide bonds. The fourth-order valence-electron chi connectivity index (χ4n) is 1.18. The number of aliphatic carboxylic acids is 1. The molecule has 3 N–H and O–H groups in total. The van der Waals surface area contributed by atoms with Gasteiger partial charge in [-0.05, 0) is 18.2 Å². The Hall–Kier alpha value is -1.49. The van der Waals surface area contributed by atoms with E-state index < -0.39 is 11.9 Å². The Kier molecular flexibility index (Phi) is 3.53. The van der Waals surface area contributed by atoms with Crippen LogP contribution in [0.5, 0.6) is 0 Å². The maximum atomic E-state index is 12.5. The molecule has 0 aromatic carbocycles. The quantitative estimate of drug-likeness (QED) is 0.699. The third kappa shape index (κ3) is 2.77. The van der Waals surface area contributed by atoms with Crippen molar-refractivity contribution in [3.63, 3.8) is 0 Å². The van der Waals surface area contributed by atoms with Gasteiger partial charge in [0.05, 0.1) is 6.42 Å². The van der Waals surface area contributed by atoms with Crippen molar-refractivity contribution in [2.45, 2.75) is 12.3 Å². The van der Waals surface area contributed by atoms with Crippen LogP contribution in [-0.4, -0.2) is 22.6 Å². The second-order valence-electron chi connectivity index (χ2n) is 2.94. The van der Waals surface area contributed by atoms with Gasteiger partial charge < -0.3 is 10.8 Å². The monoisotopic (exact) mass is 198 g/mol. The van der Waals surface area contributed by atoms with Gasteiger partial charge in [-0.2, -0.15) is 4.39 Å². The lowest BCUT2D eigenvalue weighted by atomic mass is 9.98. The molecular weight excluding hydrogens is 187 g/mol. The van der Waals surface area contributed by atoms with Crippen LogP contribution in [0.15, 0.2) is 18.3 Å². The summed E-state index contributed by atoms with van der Waals surface area (Å²) in [4.78, 5) is 13.9. The van der Waals surface area contributed by atoms with Crippen molar-refractivity contribution in [1.82, 2.24) is 4.98 Å². The molecule has 1 aromatic rings. The van der Waals surface area contributed by atoms with Crippen LogP contribution >= 0.6 is 0 Å². The summed E-state index contributed by atoms with van der Waals surface area (Å²) in [6, 6.07) is 2.70. The van der Waals surface area contributed by atoms with E-state index in [1.807, 2.05) is 0 Å². The zero-order valence-corrected chi connectivity index (χ0v) is 7.48. The summed E-state index contributed by atoms with van der Waals surface area (Å²) in [6.45, 7) is 0.208. The molecule has 1 rings (SSSR count). The molecule has 0 spiro atoms. The average Bonchev–Trinajstić information content (AvgIpc) is 2.15. The molecule has 76 valence electrons. The number of nitrogens with two attached hydrogens (primary N) is 1. The minimum atomic E-state index is -0.926. The largest absolute Gasteiger partial charge is 0.481 e. The zero-order valence-electron chi connectivity index (χ0n) is 7.48. The fraction of sp³-hybridized carbons (Fsp3) is 0.333. The van der Waals surface area contributed by atoms with Gasteiger partial charge in [-0.15, -0.1) is 0 Å². The Morgan fingerprint density at radius 2 is 2.36 bits per heavy atom. The predicted octanol–water partition coefficient (Wildman–Crippen LogP) is 0.738. The summed E-state index contributed by atoms with van der Waals surface area (Å²) >= 11 is 0. The van der Waals surface area contributed by atoms with E-state index in [1.165, 1.54) is 18.3 Å². The second-order valence-corrected chi connectivity index (χ2v) is 2.94. The smallest absolute Gasteiger partial charge is 0.304 e. The van der Waals surface area contributed by atoms with E-state index in [0.29, 0.717) is 5.56 Å². The number of hydrogen-bond acceptors (Lipinski definition) is 3. The summed E-state index contributed by atoms with van der Waals surface area (Å²) in [5, 5.41) is 8.58. The van der Waals surface area contributed by atoms with Crippen molar-refractivity contribution in [2.75, 3.05) is 6.54 Å². The number of aromatic nitrogens is 1. The normalized spacial score (nSPS) is 12.4. The molecule has 1 aromatic heterocycles. The zero-order chi connectivity index (χ0) is 10.6. The Labute approximate surface area is 80.6 Å². The van der Waals surface area contributed by atoms with E-state index >= 15 is 0 Å². The van der Waals surface area contributed by atoms with Gasteiger partial charge in [0.2, 0.25) is 5.95 Å². The number of pyridine rings is 1. The van der Waals surface area contributed by atoms with E-state index in [0.717, 1.165) is 0 Å². The summed E-state index contributed by atoms with van der Waals surface area (Å²) in [5.74, 6) is -1.81. The molecule has 1 atom stereocenters. The molecule has 0 aliphatic rings. The van der Waals surface area contributed by atoms with E-state index in [4.69, 9.17) is 10.8 Å². The Balaban J connectivity index is 2.78. The standard InChI is InChI=1S/C9H11FN2O2/c10-8-2-1-6(5-12-8)7(4-11)3-9(13)14/h1-2,5,7H,3-4,11H2,(H,13,14). The maximum absolute atomic E-state index is 12.5. The highest BCUT2D eigenvalue weighted by atomic mass is 19.1. The van der Waals surface area contributed by atoms with E-state index in [-0.39, 0.29) is 18.9 Å². The number of rotatable bonds is 4. The first-order valence-electron chi connectivity index (χ1n) is 4.16. The summed E-state index contributed by atoms with van der Waals surface area (Å²) < 4.78 is 12.5. The number of halogens is 1. The molecule has 0 saturated carbocycles. The number of hydrogen-bond donors (Lipinski definition) is 2. The van der Waals surface area contributed by atoms with Crippen molar-refractivity contribution in [2.24, 2.45) is 5.73 Å². The van der Waals surface area contributed by atoms with Gasteiger partial charge in [0.25, 0.3) is 0 Å². The topological polar surface area (TPSA) is 76.2 Å². The van der Waals surface area contributed by atoms with Crippen LogP contribution in [0.1, 0.15) is 17.9 Å². The summed E-state index contributed by atoms with van der Waals surface area (Å²) in [7, 11) is 0. The number of carboxylic acids is 1. The van der Waals surface area contributed by atoms with Gasteiger partial charge in [-0.25, -0.2) is 4.98 Å². The van der Waals surface area contributed by atoms with E-state index in [9.17, 15) is 9.18 Å². The number of carbonyl (C=O) groups is 1. The second kappa shape index (κ2) is 4.66. The van der Waals surface area contributed by atoms with Gasteiger partial charge in [0.15, 0.2) is 0 Å². The van der Waals surface area contributed by atoms with Crippen LogP contribution in [-0.2, 0) is 4.79 Å². The predicted molar refractivity (Wildman–Crippen MR) is 48.2 cm³/mol. The number of nitrogens with zero attached hydrogens (tertiary/aromatic N) is 1. The highest BCUT2D eigenvalue weighted by Crippen LogP contribution is 2.17. The molecule has 1 heterocycles. The molecule has 0 fully saturated rings. The molecule has 0 aliphatic carbocycles. The van der Waals surface area contributed by atoms with Crippen LogP contribution in [0, 0.1) is 5.95 Å². The molecule has 4 nitrogen and oxygen atoms in total. The molecule has 0 saturated heterocycles. The fourth-order valence-corrected chi connectivity index (χ4v) is 1.18. The lowest BCUT2D eigenvalue weighted by molar-refractivity contribution is -0.137. The van der Waals surface area contributed by atoms with Crippen molar-refractivity contribution < 1.29 is 14.3 Å². The molecule has 1 unspecified atom stereocenters. The van der Waals surface area contributed by atoms with Crippen molar-refractivity contribution in [3.05, 3.63) is 29.8 Å². The van der Waals surface area contributed by atoms with E-state index in [2.05, 4.69) is 4.98 Å². The van der Waals surface area contributed by atoms with Gasteiger partial charge >= 0.3 is 5.97 Å². The molecular formula is C9H11FN2O2. The molecule has 0 bridgehead atoms. The van der Waals surface area contributed by atoms with Crippen LogP contribution in [0.2, 0.25) is 0 Å². The highest BCUT2D eigenvalue weighted by molar-refractivity contribution is 5.68. The average molecular weight is 198 g/mol. The minimum Gasteiger partial charge on any atom is -0.481 e. The molecule has 0 radical (unpaired) electrons.